The van der Waals surface area contributed by atoms with Gasteiger partial charge in [-0.2, -0.15) is 0 Å². The van der Waals surface area contributed by atoms with Crippen LogP contribution in [0.15, 0.2) is 29.2 Å². The molecule has 1 unspecified atom stereocenters. The third kappa shape index (κ3) is 2.85. The minimum Gasteiger partial charge on any atom is -0.354 e. The van der Waals surface area contributed by atoms with E-state index in [1.165, 1.54) is 4.90 Å². The molecule has 0 spiro atoms. The number of amides is 1. The summed E-state index contributed by atoms with van der Waals surface area (Å²) in [5.74, 6) is 0.766. The third-order valence-electron chi connectivity index (χ3n) is 2.99. The summed E-state index contributed by atoms with van der Waals surface area (Å²) < 4.78 is 10.1. The number of fused-ring (bicyclic) bond motifs is 1. The number of benzene rings is 1. The van der Waals surface area contributed by atoms with Crippen LogP contribution in [0.5, 0.6) is 0 Å². The van der Waals surface area contributed by atoms with Crippen LogP contribution in [0.4, 0.5) is 0 Å². The van der Waals surface area contributed by atoms with Crippen molar-refractivity contribution in [1.29, 1.82) is 0 Å². The van der Waals surface area contributed by atoms with Gasteiger partial charge in [0.2, 0.25) is 5.91 Å². The fourth-order valence-electron chi connectivity index (χ4n) is 1.95. The van der Waals surface area contributed by atoms with Crippen LogP contribution >= 0.6 is 11.8 Å². The van der Waals surface area contributed by atoms with E-state index in [-0.39, 0.29) is 11.8 Å². The van der Waals surface area contributed by atoms with E-state index in [4.69, 9.17) is 9.47 Å². The van der Waals surface area contributed by atoms with E-state index in [1.807, 2.05) is 18.2 Å². The zero-order valence-electron chi connectivity index (χ0n) is 10.5. The first kappa shape index (κ1) is 13.4. The molecule has 0 bridgehead atoms. The van der Waals surface area contributed by atoms with Crippen LogP contribution in [0.1, 0.15) is 11.5 Å². The second kappa shape index (κ2) is 6.22. The average molecular weight is 267 g/mol. The molecule has 0 radical (unpaired) electrons. The lowest BCUT2D eigenvalue weighted by Crippen LogP contribution is -2.37. The lowest BCUT2D eigenvalue weighted by Gasteiger charge is -2.16. The molecule has 1 aliphatic rings. The number of hydrogen-bond acceptors (Lipinski definition) is 4. The Bertz CT molecular complexity index is 420. The summed E-state index contributed by atoms with van der Waals surface area (Å²) in [6.07, 6.45) is -0.391. The molecular weight excluding hydrogens is 250 g/mol. The summed E-state index contributed by atoms with van der Waals surface area (Å²) in [6.45, 7) is 0.370. The Labute approximate surface area is 111 Å². The highest BCUT2D eigenvalue weighted by Gasteiger charge is 2.28. The number of rotatable bonds is 5. The fraction of sp³-hybridized carbons (Fsp3) is 0.462. The standard InChI is InChI=1S/C13H17NO3S/c1-16-12(17-2)7-14-13(15)10-8-18-11-6-4-3-5-9(10)11/h3-6,10,12H,7-8H2,1-2H3,(H,14,15). The Balaban J connectivity index is 1.95. The van der Waals surface area contributed by atoms with E-state index in [9.17, 15) is 4.79 Å². The number of thioether (sulfide) groups is 1. The second-order valence-corrected chi connectivity index (χ2v) is 5.11. The van der Waals surface area contributed by atoms with Gasteiger partial charge in [0, 0.05) is 24.9 Å². The molecule has 1 amide bonds. The highest BCUT2D eigenvalue weighted by molar-refractivity contribution is 7.99. The number of methoxy groups -OCH3 is 2. The van der Waals surface area contributed by atoms with Crippen LogP contribution in [0.2, 0.25) is 0 Å². The first-order chi connectivity index (χ1) is 8.76. The maximum atomic E-state index is 12.1. The molecule has 98 valence electrons. The van der Waals surface area contributed by atoms with Crippen LogP contribution < -0.4 is 5.32 Å². The van der Waals surface area contributed by atoms with Gasteiger partial charge >= 0.3 is 0 Å². The summed E-state index contributed by atoms with van der Waals surface area (Å²) in [6, 6.07) is 8.04. The van der Waals surface area contributed by atoms with E-state index in [1.54, 1.807) is 26.0 Å². The zero-order chi connectivity index (χ0) is 13.0. The third-order valence-corrected chi connectivity index (χ3v) is 4.17. The van der Waals surface area contributed by atoms with Crippen molar-refractivity contribution in [2.75, 3.05) is 26.5 Å². The van der Waals surface area contributed by atoms with Gasteiger partial charge in [0.25, 0.3) is 0 Å². The van der Waals surface area contributed by atoms with E-state index >= 15 is 0 Å². The predicted octanol–water partition coefficient (Wildman–Crippen LogP) is 1.61. The summed E-state index contributed by atoms with van der Waals surface area (Å²) in [5, 5.41) is 2.87. The van der Waals surface area contributed by atoms with Gasteiger partial charge in [0.15, 0.2) is 6.29 Å². The van der Waals surface area contributed by atoms with Gasteiger partial charge in [-0.15, -0.1) is 11.8 Å². The fourth-order valence-corrected chi connectivity index (χ4v) is 3.18. The van der Waals surface area contributed by atoms with Gasteiger partial charge in [0.05, 0.1) is 12.5 Å². The lowest BCUT2D eigenvalue weighted by molar-refractivity contribution is -0.128. The molecular formula is C13H17NO3S. The van der Waals surface area contributed by atoms with Crippen molar-refractivity contribution in [2.45, 2.75) is 17.1 Å². The van der Waals surface area contributed by atoms with E-state index in [0.717, 1.165) is 11.3 Å². The molecule has 1 aromatic carbocycles. The number of carbonyl (C=O) groups excluding carboxylic acids is 1. The van der Waals surface area contributed by atoms with E-state index in [0.29, 0.717) is 6.54 Å². The van der Waals surface area contributed by atoms with Gasteiger partial charge in [-0.05, 0) is 11.6 Å². The van der Waals surface area contributed by atoms with Crippen molar-refractivity contribution in [3.63, 3.8) is 0 Å². The number of nitrogens with one attached hydrogen (secondary N) is 1. The predicted molar refractivity (Wildman–Crippen MR) is 70.7 cm³/mol. The van der Waals surface area contributed by atoms with Crippen molar-refractivity contribution in [3.05, 3.63) is 29.8 Å². The Hall–Kier alpha value is -1.04. The van der Waals surface area contributed by atoms with Crippen molar-refractivity contribution < 1.29 is 14.3 Å². The summed E-state index contributed by atoms with van der Waals surface area (Å²) >= 11 is 1.73. The molecule has 0 saturated heterocycles. The highest BCUT2D eigenvalue weighted by Crippen LogP contribution is 2.39. The Morgan fingerprint density at radius 1 is 1.44 bits per heavy atom. The van der Waals surface area contributed by atoms with E-state index in [2.05, 4.69) is 11.4 Å². The van der Waals surface area contributed by atoms with Gasteiger partial charge in [-0.25, -0.2) is 0 Å². The molecule has 2 rings (SSSR count). The van der Waals surface area contributed by atoms with Crippen LogP contribution in [0.25, 0.3) is 0 Å². The van der Waals surface area contributed by atoms with Crippen LogP contribution in [-0.4, -0.2) is 38.7 Å². The highest BCUT2D eigenvalue weighted by atomic mass is 32.2. The van der Waals surface area contributed by atoms with E-state index < -0.39 is 6.29 Å². The summed E-state index contributed by atoms with van der Waals surface area (Å²) in [5.41, 5.74) is 1.12. The van der Waals surface area contributed by atoms with Crippen LogP contribution in [0, 0.1) is 0 Å². The molecule has 5 heteroatoms. The van der Waals surface area contributed by atoms with Crippen molar-refractivity contribution in [2.24, 2.45) is 0 Å². The molecule has 1 N–H and O–H groups in total. The first-order valence-electron chi connectivity index (χ1n) is 5.81. The number of ether oxygens (including phenoxy) is 2. The summed E-state index contributed by atoms with van der Waals surface area (Å²) in [7, 11) is 3.11. The largest absolute Gasteiger partial charge is 0.354 e. The monoisotopic (exact) mass is 267 g/mol. The molecule has 1 atom stereocenters. The Morgan fingerprint density at radius 3 is 2.89 bits per heavy atom. The second-order valence-electron chi connectivity index (χ2n) is 4.05. The molecule has 0 fully saturated rings. The van der Waals surface area contributed by atoms with Crippen molar-refractivity contribution >= 4 is 17.7 Å². The molecule has 18 heavy (non-hydrogen) atoms. The molecule has 0 aromatic heterocycles. The molecule has 4 nitrogen and oxygen atoms in total. The minimum absolute atomic E-state index is 0.0338. The Kier molecular flexibility index (Phi) is 4.63. The van der Waals surface area contributed by atoms with Gasteiger partial charge in [0.1, 0.15) is 0 Å². The lowest BCUT2D eigenvalue weighted by atomic mass is 10.0. The van der Waals surface area contributed by atoms with Crippen molar-refractivity contribution in [3.8, 4) is 0 Å². The SMILES string of the molecule is COC(CNC(=O)C1CSc2ccccc21)OC. The quantitative estimate of drug-likeness (QED) is 0.823. The molecule has 0 aliphatic carbocycles. The average Bonchev–Trinajstić information content (AvgIpc) is 2.83. The molecule has 0 saturated carbocycles. The van der Waals surface area contributed by atoms with Crippen molar-refractivity contribution in [1.82, 2.24) is 5.32 Å². The van der Waals surface area contributed by atoms with Gasteiger partial charge in [-0.3, -0.25) is 4.79 Å². The maximum Gasteiger partial charge on any atom is 0.228 e. The molecule has 1 aliphatic heterocycles. The first-order valence-corrected chi connectivity index (χ1v) is 6.80. The van der Waals surface area contributed by atoms with Crippen LogP contribution in [-0.2, 0) is 14.3 Å². The van der Waals surface area contributed by atoms with Gasteiger partial charge < -0.3 is 14.8 Å². The molecule has 1 heterocycles. The normalized spacial score (nSPS) is 17.8. The minimum atomic E-state index is -0.391. The molecule has 1 aromatic rings. The van der Waals surface area contributed by atoms with Crippen LogP contribution in [0.3, 0.4) is 0 Å². The maximum absolute atomic E-state index is 12.1. The topological polar surface area (TPSA) is 47.6 Å². The van der Waals surface area contributed by atoms with Gasteiger partial charge in [-0.1, -0.05) is 18.2 Å². The smallest absolute Gasteiger partial charge is 0.228 e. The number of hydrogen-bond donors (Lipinski definition) is 1. The Morgan fingerprint density at radius 2 is 2.17 bits per heavy atom. The zero-order valence-corrected chi connectivity index (χ0v) is 11.3. The summed E-state index contributed by atoms with van der Waals surface area (Å²) in [4.78, 5) is 13.3. The number of carbonyl (C=O) groups is 1.